The van der Waals surface area contributed by atoms with Gasteiger partial charge in [-0.05, 0) is 49.9 Å². The van der Waals surface area contributed by atoms with Crippen LogP contribution in [0.15, 0.2) is 18.2 Å². The minimum absolute atomic E-state index is 0.0797. The van der Waals surface area contributed by atoms with Gasteiger partial charge in [0.15, 0.2) is 0 Å². The van der Waals surface area contributed by atoms with E-state index in [1.807, 2.05) is 13.0 Å². The zero-order chi connectivity index (χ0) is 15.3. The Labute approximate surface area is 126 Å². The second-order valence-electron chi connectivity index (χ2n) is 6.04. The van der Waals surface area contributed by atoms with Gasteiger partial charge in [0.25, 0.3) is 0 Å². The fourth-order valence-corrected chi connectivity index (χ4v) is 3.09. The van der Waals surface area contributed by atoms with Gasteiger partial charge in [0.2, 0.25) is 0 Å². The lowest BCUT2D eigenvalue weighted by molar-refractivity contribution is 0.0619. The Bertz CT molecular complexity index is 466. The Hall–Kier alpha value is -0.970. The number of methoxy groups -OCH3 is 1. The molecule has 1 aliphatic rings. The molecule has 0 amide bonds. The molecule has 1 saturated heterocycles. The molecule has 0 aliphatic carbocycles. The van der Waals surface area contributed by atoms with Crippen molar-refractivity contribution in [3.8, 4) is 0 Å². The minimum Gasteiger partial charge on any atom is -0.383 e. The van der Waals surface area contributed by atoms with Gasteiger partial charge in [0, 0.05) is 32.2 Å². The topological polar surface area (TPSA) is 30.5 Å². The SMILES string of the molecule is COCCNCC1(Cc2ccc(F)cc2C)CCOC1C. The van der Waals surface area contributed by atoms with E-state index in [-0.39, 0.29) is 17.3 Å². The molecular weight excluding hydrogens is 269 g/mol. The largest absolute Gasteiger partial charge is 0.383 e. The molecule has 1 aliphatic heterocycles. The summed E-state index contributed by atoms with van der Waals surface area (Å²) < 4.78 is 24.2. The first-order valence-electron chi connectivity index (χ1n) is 7.64. The maximum absolute atomic E-state index is 13.3. The fourth-order valence-electron chi connectivity index (χ4n) is 3.09. The van der Waals surface area contributed by atoms with Crippen molar-refractivity contribution in [3.63, 3.8) is 0 Å². The highest BCUT2D eigenvalue weighted by Crippen LogP contribution is 2.38. The van der Waals surface area contributed by atoms with E-state index in [4.69, 9.17) is 9.47 Å². The number of nitrogens with one attached hydrogen (secondary N) is 1. The molecule has 4 heteroatoms. The molecule has 1 N–H and O–H groups in total. The van der Waals surface area contributed by atoms with Gasteiger partial charge in [-0.25, -0.2) is 4.39 Å². The fraction of sp³-hybridized carbons (Fsp3) is 0.647. The highest BCUT2D eigenvalue weighted by atomic mass is 19.1. The summed E-state index contributed by atoms with van der Waals surface area (Å²) >= 11 is 0. The summed E-state index contributed by atoms with van der Waals surface area (Å²) in [7, 11) is 1.71. The van der Waals surface area contributed by atoms with E-state index >= 15 is 0 Å². The van der Waals surface area contributed by atoms with Crippen molar-refractivity contribution in [2.24, 2.45) is 5.41 Å². The first kappa shape index (κ1) is 16.4. The second kappa shape index (κ2) is 7.34. The molecule has 2 rings (SSSR count). The minimum atomic E-state index is -0.167. The van der Waals surface area contributed by atoms with Gasteiger partial charge in [0.05, 0.1) is 12.7 Å². The van der Waals surface area contributed by atoms with Gasteiger partial charge >= 0.3 is 0 Å². The summed E-state index contributed by atoms with van der Waals surface area (Å²) in [4.78, 5) is 0. The number of aryl methyl sites for hydroxylation is 1. The van der Waals surface area contributed by atoms with Gasteiger partial charge in [-0.15, -0.1) is 0 Å². The summed E-state index contributed by atoms with van der Waals surface area (Å²) in [5, 5.41) is 3.47. The predicted octanol–water partition coefficient (Wildman–Crippen LogP) is 2.71. The molecule has 118 valence electrons. The lowest BCUT2D eigenvalue weighted by Gasteiger charge is -2.33. The van der Waals surface area contributed by atoms with Gasteiger partial charge in [-0.1, -0.05) is 6.07 Å². The third-order valence-electron chi connectivity index (χ3n) is 4.64. The number of hydrogen-bond acceptors (Lipinski definition) is 3. The number of rotatable bonds is 7. The quantitative estimate of drug-likeness (QED) is 0.785. The summed E-state index contributed by atoms with van der Waals surface area (Å²) in [6.45, 7) is 7.37. The highest BCUT2D eigenvalue weighted by Gasteiger charge is 2.41. The maximum atomic E-state index is 13.3. The first-order chi connectivity index (χ1) is 10.1. The van der Waals surface area contributed by atoms with Crippen LogP contribution in [0, 0.1) is 18.2 Å². The van der Waals surface area contributed by atoms with E-state index in [0.29, 0.717) is 6.61 Å². The van der Waals surface area contributed by atoms with Crippen LogP contribution in [-0.4, -0.2) is 39.5 Å². The van der Waals surface area contributed by atoms with E-state index in [1.54, 1.807) is 19.2 Å². The van der Waals surface area contributed by atoms with Crippen LogP contribution in [-0.2, 0) is 15.9 Å². The van der Waals surface area contributed by atoms with E-state index in [2.05, 4.69) is 12.2 Å². The van der Waals surface area contributed by atoms with Crippen molar-refractivity contribution in [1.29, 1.82) is 0 Å². The monoisotopic (exact) mass is 295 g/mol. The number of halogens is 1. The molecular formula is C17H26FNO2. The van der Waals surface area contributed by atoms with Crippen LogP contribution in [0.2, 0.25) is 0 Å². The first-order valence-corrected chi connectivity index (χ1v) is 7.64. The number of ether oxygens (including phenoxy) is 2. The van der Waals surface area contributed by atoms with Gasteiger partial charge in [0.1, 0.15) is 5.82 Å². The predicted molar refractivity (Wildman–Crippen MR) is 82.1 cm³/mol. The molecule has 0 radical (unpaired) electrons. The van der Waals surface area contributed by atoms with Crippen molar-refractivity contribution < 1.29 is 13.9 Å². The Morgan fingerprint density at radius 3 is 2.90 bits per heavy atom. The van der Waals surface area contributed by atoms with Crippen molar-refractivity contribution >= 4 is 0 Å². The molecule has 0 bridgehead atoms. The average Bonchev–Trinajstić information content (AvgIpc) is 2.80. The number of benzene rings is 1. The normalized spacial score (nSPS) is 25.4. The van der Waals surface area contributed by atoms with Crippen LogP contribution in [0.4, 0.5) is 4.39 Å². The highest BCUT2D eigenvalue weighted by molar-refractivity contribution is 5.28. The lowest BCUT2D eigenvalue weighted by atomic mass is 9.75. The second-order valence-corrected chi connectivity index (χ2v) is 6.04. The summed E-state index contributed by atoms with van der Waals surface area (Å²) in [6.07, 6.45) is 2.16. The van der Waals surface area contributed by atoms with Gasteiger partial charge in [-0.2, -0.15) is 0 Å². The molecule has 1 heterocycles. The van der Waals surface area contributed by atoms with E-state index in [9.17, 15) is 4.39 Å². The van der Waals surface area contributed by atoms with Crippen LogP contribution in [0.1, 0.15) is 24.5 Å². The molecule has 3 nitrogen and oxygen atoms in total. The molecule has 2 unspecified atom stereocenters. The van der Waals surface area contributed by atoms with E-state index in [0.717, 1.165) is 38.1 Å². The zero-order valence-electron chi connectivity index (χ0n) is 13.2. The van der Waals surface area contributed by atoms with Crippen molar-refractivity contribution in [1.82, 2.24) is 5.32 Å². The van der Waals surface area contributed by atoms with Crippen LogP contribution in [0.3, 0.4) is 0 Å². The Morgan fingerprint density at radius 1 is 1.48 bits per heavy atom. The Morgan fingerprint density at radius 2 is 2.29 bits per heavy atom. The summed E-state index contributed by atoms with van der Waals surface area (Å²) in [5.74, 6) is -0.167. The molecule has 1 fully saturated rings. The van der Waals surface area contributed by atoms with E-state index in [1.165, 1.54) is 5.56 Å². The lowest BCUT2D eigenvalue weighted by Crippen LogP contribution is -2.42. The van der Waals surface area contributed by atoms with Gasteiger partial charge < -0.3 is 14.8 Å². The molecule has 1 aromatic rings. The Balaban J connectivity index is 2.09. The van der Waals surface area contributed by atoms with Gasteiger partial charge in [-0.3, -0.25) is 0 Å². The third kappa shape index (κ3) is 4.02. The molecule has 0 saturated carbocycles. The molecule has 0 spiro atoms. The maximum Gasteiger partial charge on any atom is 0.123 e. The zero-order valence-corrected chi connectivity index (χ0v) is 13.2. The third-order valence-corrected chi connectivity index (χ3v) is 4.64. The number of hydrogen-bond donors (Lipinski definition) is 1. The van der Waals surface area contributed by atoms with Crippen molar-refractivity contribution in [2.45, 2.75) is 32.8 Å². The molecule has 2 atom stereocenters. The average molecular weight is 295 g/mol. The van der Waals surface area contributed by atoms with Crippen molar-refractivity contribution in [3.05, 3.63) is 35.1 Å². The summed E-state index contributed by atoms with van der Waals surface area (Å²) in [5.41, 5.74) is 2.31. The van der Waals surface area contributed by atoms with Crippen LogP contribution in [0.5, 0.6) is 0 Å². The molecule has 0 aromatic heterocycles. The van der Waals surface area contributed by atoms with Crippen molar-refractivity contribution in [2.75, 3.05) is 33.4 Å². The smallest absolute Gasteiger partial charge is 0.123 e. The van der Waals surface area contributed by atoms with Crippen LogP contribution >= 0.6 is 0 Å². The van der Waals surface area contributed by atoms with Crippen LogP contribution < -0.4 is 5.32 Å². The summed E-state index contributed by atoms with van der Waals surface area (Å²) in [6, 6.07) is 5.07. The van der Waals surface area contributed by atoms with E-state index < -0.39 is 0 Å². The van der Waals surface area contributed by atoms with Crippen LogP contribution in [0.25, 0.3) is 0 Å². The standard InChI is InChI=1S/C17H26FNO2/c1-13-10-16(18)5-4-15(13)11-17(6-8-21-14(17)2)12-19-7-9-20-3/h4-5,10,14,19H,6-9,11-12H2,1-3H3. The molecule has 21 heavy (non-hydrogen) atoms. The molecule has 1 aromatic carbocycles. The Kier molecular flexibility index (Phi) is 5.73.